The zero-order valence-corrected chi connectivity index (χ0v) is 10.1. The molecule has 0 aliphatic heterocycles. The first-order valence-electron chi connectivity index (χ1n) is 5.22. The molecule has 1 heterocycles. The van der Waals surface area contributed by atoms with Crippen molar-refractivity contribution in [2.75, 3.05) is 6.61 Å². The van der Waals surface area contributed by atoms with Crippen molar-refractivity contribution in [1.29, 1.82) is 0 Å². The number of rotatable bonds is 4. The zero-order valence-electron chi connectivity index (χ0n) is 10.1. The molecule has 1 unspecified atom stereocenters. The topological polar surface area (TPSA) is 85.5 Å². The molecule has 0 saturated heterocycles. The maximum atomic E-state index is 10.7. The molecule has 17 heavy (non-hydrogen) atoms. The average molecular weight is 240 g/mol. The number of pyridine rings is 1. The highest BCUT2D eigenvalue weighted by atomic mass is 16.6. The summed E-state index contributed by atoms with van der Waals surface area (Å²) in [4.78, 5) is 13.7. The third-order valence-corrected chi connectivity index (χ3v) is 2.32. The lowest BCUT2D eigenvalue weighted by atomic mass is 9.90. The van der Waals surface area contributed by atoms with Crippen LogP contribution in [0.15, 0.2) is 18.3 Å². The lowest BCUT2D eigenvalue weighted by Crippen LogP contribution is -2.32. The van der Waals surface area contributed by atoms with Gasteiger partial charge >= 0.3 is 5.82 Å². The van der Waals surface area contributed by atoms with Gasteiger partial charge in [0.05, 0.1) is 6.10 Å². The van der Waals surface area contributed by atoms with Crippen LogP contribution in [-0.4, -0.2) is 27.7 Å². The Morgan fingerprint density at radius 1 is 1.59 bits per heavy atom. The minimum atomic E-state index is -0.706. The first-order valence-corrected chi connectivity index (χ1v) is 5.22. The average Bonchev–Trinajstić information content (AvgIpc) is 2.24. The number of nitro groups is 1. The Kier molecular flexibility index (Phi) is 4.01. The van der Waals surface area contributed by atoms with Gasteiger partial charge in [-0.05, 0) is 27.5 Å². The van der Waals surface area contributed by atoms with Gasteiger partial charge in [-0.15, -0.1) is 0 Å². The van der Waals surface area contributed by atoms with Gasteiger partial charge in [0.1, 0.15) is 12.8 Å². The number of aliphatic hydroxyl groups is 1. The van der Waals surface area contributed by atoms with Gasteiger partial charge in [-0.2, -0.15) is 0 Å². The van der Waals surface area contributed by atoms with E-state index in [2.05, 4.69) is 4.98 Å². The van der Waals surface area contributed by atoms with E-state index in [0.29, 0.717) is 0 Å². The van der Waals surface area contributed by atoms with Crippen molar-refractivity contribution in [3.8, 4) is 5.75 Å². The molecule has 1 rings (SSSR count). The molecule has 0 fully saturated rings. The fourth-order valence-corrected chi connectivity index (χ4v) is 1.05. The molecule has 0 aliphatic rings. The molecule has 1 N–H and O–H groups in total. The van der Waals surface area contributed by atoms with Crippen molar-refractivity contribution in [1.82, 2.24) is 4.98 Å². The van der Waals surface area contributed by atoms with Crippen molar-refractivity contribution >= 4 is 5.82 Å². The fraction of sp³-hybridized carbons (Fsp3) is 0.545. The third kappa shape index (κ3) is 3.67. The monoisotopic (exact) mass is 240 g/mol. The molecule has 0 spiro atoms. The summed E-state index contributed by atoms with van der Waals surface area (Å²) in [5.41, 5.74) is -0.336. The maximum Gasteiger partial charge on any atom is 0.406 e. The van der Waals surface area contributed by atoms with E-state index in [0.717, 1.165) is 0 Å². The molecule has 0 aliphatic carbocycles. The molecular weight excluding hydrogens is 224 g/mol. The van der Waals surface area contributed by atoms with Crippen molar-refractivity contribution in [2.24, 2.45) is 5.41 Å². The van der Waals surface area contributed by atoms with Crippen LogP contribution in [0.3, 0.4) is 0 Å². The summed E-state index contributed by atoms with van der Waals surface area (Å²) in [6.45, 7) is 5.58. The van der Waals surface area contributed by atoms with Crippen LogP contribution in [0.1, 0.15) is 20.8 Å². The van der Waals surface area contributed by atoms with Crippen molar-refractivity contribution in [3.05, 3.63) is 28.4 Å². The number of aromatic nitrogens is 1. The summed E-state index contributed by atoms with van der Waals surface area (Å²) in [6.07, 6.45) is 0.618. The summed E-state index contributed by atoms with van der Waals surface area (Å²) < 4.78 is 5.23. The van der Waals surface area contributed by atoms with Gasteiger partial charge in [-0.25, -0.2) is 0 Å². The van der Waals surface area contributed by atoms with Gasteiger partial charge in [-0.1, -0.05) is 20.8 Å². The van der Waals surface area contributed by atoms with E-state index < -0.39 is 11.0 Å². The summed E-state index contributed by atoms with van der Waals surface area (Å²) in [7, 11) is 0. The van der Waals surface area contributed by atoms with E-state index in [1.54, 1.807) is 6.07 Å². The third-order valence-electron chi connectivity index (χ3n) is 2.32. The smallest absolute Gasteiger partial charge is 0.406 e. The number of hydrogen-bond acceptors (Lipinski definition) is 5. The van der Waals surface area contributed by atoms with Crippen molar-refractivity contribution < 1.29 is 14.8 Å². The van der Waals surface area contributed by atoms with Crippen LogP contribution >= 0.6 is 0 Å². The molecule has 1 aromatic heterocycles. The SMILES string of the molecule is CC(C)(C)C(O)COc1cccnc1[N+](=O)[O-]. The molecular formula is C11H16N2O4. The Morgan fingerprint density at radius 3 is 2.76 bits per heavy atom. The van der Waals surface area contributed by atoms with E-state index in [4.69, 9.17) is 4.74 Å². The Hall–Kier alpha value is -1.69. The summed E-state index contributed by atoms with van der Waals surface area (Å²) in [5.74, 6) is -0.269. The lowest BCUT2D eigenvalue weighted by Gasteiger charge is -2.25. The lowest BCUT2D eigenvalue weighted by molar-refractivity contribution is -0.390. The van der Waals surface area contributed by atoms with E-state index >= 15 is 0 Å². The standard InChI is InChI=1S/C11H16N2O4/c1-11(2,3)9(14)7-17-8-5-4-6-12-10(8)13(15)16/h4-6,9,14H,7H2,1-3H3. The predicted molar refractivity (Wildman–Crippen MR) is 61.8 cm³/mol. The van der Waals surface area contributed by atoms with Gasteiger partial charge < -0.3 is 20.0 Å². The Bertz CT molecular complexity index is 401. The molecule has 6 heteroatoms. The number of nitrogens with zero attached hydrogens (tertiary/aromatic N) is 2. The molecule has 1 atom stereocenters. The highest BCUT2D eigenvalue weighted by Gasteiger charge is 2.24. The van der Waals surface area contributed by atoms with Gasteiger partial charge in [0, 0.05) is 0 Å². The van der Waals surface area contributed by atoms with Crippen LogP contribution in [0.5, 0.6) is 5.75 Å². The molecule has 1 aromatic rings. The summed E-state index contributed by atoms with van der Waals surface area (Å²) >= 11 is 0. The second kappa shape index (κ2) is 5.09. The van der Waals surface area contributed by atoms with E-state index in [1.807, 2.05) is 20.8 Å². The molecule has 0 bridgehead atoms. The van der Waals surface area contributed by atoms with Crippen LogP contribution in [0.2, 0.25) is 0 Å². The summed E-state index contributed by atoms with van der Waals surface area (Å²) in [6, 6.07) is 3.01. The molecule has 0 aromatic carbocycles. The van der Waals surface area contributed by atoms with E-state index in [1.165, 1.54) is 12.3 Å². The second-order valence-electron chi connectivity index (χ2n) is 4.78. The molecule has 0 radical (unpaired) electrons. The molecule has 0 amide bonds. The first-order chi connectivity index (χ1) is 7.82. The van der Waals surface area contributed by atoms with Gasteiger partial charge in [-0.3, -0.25) is 0 Å². The quantitative estimate of drug-likeness (QED) is 0.640. The zero-order chi connectivity index (χ0) is 13.1. The Morgan fingerprint density at radius 2 is 2.24 bits per heavy atom. The van der Waals surface area contributed by atoms with Crippen LogP contribution in [0, 0.1) is 15.5 Å². The fourth-order valence-electron chi connectivity index (χ4n) is 1.05. The number of ether oxygens (including phenoxy) is 1. The molecule has 6 nitrogen and oxygen atoms in total. The normalized spacial score (nSPS) is 13.2. The maximum absolute atomic E-state index is 10.7. The number of hydrogen-bond donors (Lipinski definition) is 1. The Labute approximate surface area is 99.4 Å². The Balaban J connectivity index is 2.73. The van der Waals surface area contributed by atoms with Gasteiger partial charge in [0.2, 0.25) is 5.75 Å². The highest BCUT2D eigenvalue weighted by Crippen LogP contribution is 2.25. The number of aliphatic hydroxyl groups excluding tert-OH is 1. The minimum Gasteiger partial charge on any atom is -0.483 e. The minimum absolute atomic E-state index is 0.00394. The van der Waals surface area contributed by atoms with Crippen LogP contribution in [0.4, 0.5) is 5.82 Å². The van der Waals surface area contributed by atoms with Gasteiger partial charge in [0.25, 0.3) is 0 Å². The molecule has 0 saturated carbocycles. The largest absolute Gasteiger partial charge is 0.483 e. The highest BCUT2D eigenvalue weighted by molar-refractivity contribution is 5.38. The van der Waals surface area contributed by atoms with Crippen molar-refractivity contribution in [3.63, 3.8) is 0 Å². The van der Waals surface area contributed by atoms with Crippen LogP contribution in [-0.2, 0) is 0 Å². The van der Waals surface area contributed by atoms with E-state index in [9.17, 15) is 15.2 Å². The molecule has 94 valence electrons. The van der Waals surface area contributed by atoms with Crippen molar-refractivity contribution in [2.45, 2.75) is 26.9 Å². The summed E-state index contributed by atoms with van der Waals surface area (Å²) in [5, 5.41) is 20.4. The second-order valence-corrected chi connectivity index (χ2v) is 4.78. The van der Waals surface area contributed by atoms with Crippen LogP contribution < -0.4 is 4.74 Å². The predicted octanol–water partition coefficient (Wildman–Crippen LogP) is 1.78. The first kappa shape index (κ1) is 13.4. The van der Waals surface area contributed by atoms with E-state index in [-0.39, 0.29) is 23.6 Å². The van der Waals surface area contributed by atoms with Gasteiger partial charge in [0.15, 0.2) is 0 Å². The van der Waals surface area contributed by atoms with Crippen LogP contribution in [0.25, 0.3) is 0 Å².